The summed E-state index contributed by atoms with van der Waals surface area (Å²) in [6, 6.07) is 10.7. The van der Waals surface area contributed by atoms with Crippen LogP contribution in [0.15, 0.2) is 40.9 Å². The number of amides is 2. The van der Waals surface area contributed by atoms with Crippen LogP contribution in [-0.4, -0.2) is 43.0 Å². The highest BCUT2D eigenvalue weighted by atomic mass is 79.9. The van der Waals surface area contributed by atoms with Crippen LogP contribution in [0.4, 0.5) is 5.69 Å². The molecule has 29 heavy (non-hydrogen) atoms. The minimum Gasteiger partial charge on any atom is -0.497 e. The molecule has 4 rings (SSSR count). The fraction of sp³-hybridized carbons (Fsp3) is 0.364. The number of nitrogens with one attached hydrogen (secondary N) is 1. The van der Waals surface area contributed by atoms with Gasteiger partial charge < -0.3 is 19.7 Å². The van der Waals surface area contributed by atoms with E-state index in [1.54, 1.807) is 43.5 Å². The SMILES string of the molecule is COc1ccc(Br)c(C(=O)Nc2ccc3c(c2)C(=O)N2CCCCC2CCO3)c1. The second-order valence-electron chi connectivity index (χ2n) is 7.30. The van der Waals surface area contributed by atoms with Gasteiger partial charge in [-0.3, -0.25) is 9.59 Å². The number of carbonyl (C=O) groups excluding carboxylic acids is 2. The summed E-state index contributed by atoms with van der Waals surface area (Å²) in [6.07, 6.45) is 4.05. The van der Waals surface area contributed by atoms with Gasteiger partial charge in [0.05, 0.1) is 24.8 Å². The number of piperidine rings is 1. The molecular formula is C22H23BrN2O4. The third-order valence-electron chi connectivity index (χ3n) is 5.48. The van der Waals surface area contributed by atoms with E-state index in [9.17, 15) is 9.59 Å². The average molecular weight is 459 g/mol. The molecule has 1 saturated heterocycles. The zero-order valence-corrected chi connectivity index (χ0v) is 17.8. The number of anilines is 1. The van der Waals surface area contributed by atoms with Crippen LogP contribution < -0.4 is 14.8 Å². The first-order valence-electron chi connectivity index (χ1n) is 9.79. The molecule has 2 heterocycles. The summed E-state index contributed by atoms with van der Waals surface area (Å²) >= 11 is 3.40. The molecule has 2 amide bonds. The number of methoxy groups -OCH3 is 1. The number of hydrogen-bond donors (Lipinski definition) is 1. The number of halogens is 1. The second-order valence-corrected chi connectivity index (χ2v) is 8.15. The Morgan fingerprint density at radius 1 is 1.21 bits per heavy atom. The lowest BCUT2D eigenvalue weighted by Gasteiger charge is -2.37. The minimum atomic E-state index is -0.286. The van der Waals surface area contributed by atoms with Crippen molar-refractivity contribution in [2.24, 2.45) is 0 Å². The average Bonchev–Trinajstić information content (AvgIpc) is 2.73. The molecule has 0 saturated carbocycles. The van der Waals surface area contributed by atoms with Crippen LogP contribution in [0.3, 0.4) is 0 Å². The maximum absolute atomic E-state index is 13.2. The number of fused-ring (bicyclic) bond motifs is 2. The maximum atomic E-state index is 13.2. The van der Waals surface area contributed by atoms with Gasteiger partial charge in [0.15, 0.2) is 0 Å². The Kier molecular flexibility index (Phi) is 5.76. The minimum absolute atomic E-state index is 0.0249. The predicted octanol–water partition coefficient (Wildman–Crippen LogP) is 4.49. The van der Waals surface area contributed by atoms with Crippen LogP contribution in [0.2, 0.25) is 0 Å². The van der Waals surface area contributed by atoms with E-state index in [1.807, 2.05) is 4.90 Å². The molecule has 0 aromatic heterocycles. The Balaban J connectivity index is 1.60. The van der Waals surface area contributed by atoms with Gasteiger partial charge in [-0.25, -0.2) is 0 Å². The Morgan fingerprint density at radius 2 is 2.07 bits per heavy atom. The van der Waals surface area contributed by atoms with Gasteiger partial charge in [0.2, 0.25) is 0 Å². The quantitative estimate of drug-likeness (QED) is 0.735. The molecule has 1 fully saturated rings. The van der Waals surface area contributed by atoms with E-state index in [2.05, 4.69) is 21.2 Å². The van der Waals surface area contributed by atoms with E-state index >= 15 is 0 Å². The fourth-order valence-electron chi connectivity index (χ4n) is 3.93. The van der Waals surface area contributed by atoms with Crippen molar-refractivity contribution in [2.75, 3.05) is 25.6 Å². The zero-order chi connectivity index (χ0) is 20.4. The summed E-state index contributed by atoms with van der Waals surface area (Å²) < 4.78 is 11.7. The van der Waals surface area contributed by atoms with Crippen LogP contribution in [0, 0.1) is 0 Å². The molecule has 2 aliphatic rings. The molecule has 6 nitrogen and oxygen atoms in total. The molecule has 2 aromatic carbocycles. The standard InChI is InChI=1S/C22H23BrN2O4/c1-28-16-6-7-19(23)17(13-16)21(26)24-14-5-8-20-18(12-14)22(27)25-10-3-2-4-15(25)9-11-29-20/h5-8,12-13,15H,2-4,9-11H2,1H3,(H,24,26). The van der Waals surface area contributed by atoms with Gasteiger partial charge in [-0.05, 0) is 71.6 Å². The van der Waals surface area contributed by atoms with Crippen molar-refractivity contribution in [3.8, 4) is 11.5 Å². The first kappa shape index (κ1) is 19.8. The van der Waals surface area contributed by atoms with Gasteiger partial charge in [0, 0.05) is 29.2 Å². The third-order valence-corrected chi connectivity index (χ3v) is 6.17. The fourth-order valence-corrected chi connectivity index (χ4v) is 4.36. The van der Waals surface area contributed by atoms with Gasteiger partial charge in [0.1, 0.15) is 11.5 Å². The van der Waals surface area contributed by atoms with Crippen molar-refractivity contribution in [2.45, 2.75) is 31.7 Å². The lowest BCUT2D eigenvalue weighted by atomic mass is 9.97. The molecule has 0 radical (unpaired) electrons. The Hall–Kier alpha value is -2.54. The monoisotopic (exact) mass is 458 g/mol. The molecule has 0 aliphatic carbocycles. The molecular weight excluding hydrogens is 436 g/mol. The molecule has 1 N–H and O–H groups in total. The number of rotatable bonds is 3. The van der Waals surface area contributed by atoms with Crippen molar-refractivity contribution in [3.63, 3.8) is 0 Å². The van der Waals surface area contributed by atoms with E-state index < -0.39 is 0 Å². The summed E-state index contributed by atoms with van der Waals surface area (Å²) in [5.41, 5.74) is 1.50. The van der Waals surface area contributed by atoms with Crippen molar-refractivity contribution in [1.82, 2.24) is 4.90 Å². The van der Waals surface area contributed by atoms with Crippen LogP contribution in [0.25, 0.3) is 0 Å². The lowest BCUT2D eigenvalue weighted by molar-refractivity contribution is 0.0548. The molecule has 2 aliphatic heterocycles. The Bertz CT molecular complexity index is 946. The Morgan fingerprint density at radius 3 is 2.90 bits per heavy atom. The Labute approximate surface area is 178 Å². The molecule has 0 spiro atoms. The zero-order valence-electron chi connectivity index (χ0n) is 16.2. The van der Waals surface area contributed by atoms with Gasteiger partial charge in [-0.1, -0.05) is 0 Å². The second kappa shape index (κ2) is 8.45. The van der Waals surface area contributed by atoms with E-state index in [0.717, 1.165) is 32.2 Å². The largest absolute Gasteiger partial charge is 0.497 e. The van der Waals surface area contributed by atoms with Crippen LogP contribution in [0.5, 0.6) is 11.5 Å². The van der Waals surface area contributed by atoms with E-state index in [4.69, 9.17) is 9.47 Å². The highest BCUT2D eigenvalue weighted by molar-refractivity contribution is 9.10. The van der Waals surface area contributed by atoms with Crippen LogP contribution in [-0.2, 0) is 0 Å². The molecule has 152 valence electrons. The van der Waals surface area contributed by atoms with Crippen LogP contribution in [0.1, 0.15) is 46.4 Å². The van der Waals surface area contributed by atoms with Crippen molar-refractivity contribution in [3.05, 3.63) is 52.0 Å². The van der Waals surface area contributed by atoms with Crippen molar-refractivity contribution < 1.29 is 19.1 Å². The first-order chi connectivity index (χ1) is 14.1. The summed E-state index contributed by atoms with van der Waals surface area (Å²) in [4.78, 5) is 27.9. The van der Waals surface area contributed by atoms with Gasteiger partial charge >= 0.3 is 0 Å². The lowest BCUT2D eigenvalue weighted by Crippen LogP contribution is -2.45. The summed E-state index contributed by atoms with van der Waals surface area (Å²) in [7, 11) is 1.55. The molecule has 0 bridgehead atoms. The van der Waals surface area contributed by atoms with Crippen LogP contribution >= 0.6 is 15.9 Å². The number of benzene rings is 2. The maximum Gasteiger partial charge on any atom is 0.257 e. The topological polar surface area (TPSA) is 67.9 Å². The summed E-state index contributed by atoms with van der Waals surface area (Å²) in [6.45, 7) is 1.36. The number of hydrogen-bond acceptors (Lipinski definition) is 4. The molecule has 2 aromatic rings. The number of carbonyl (C=O) groups is 2. The first-order valence-corrected chi connectivity index (χ1v) is 10.6. The summed E-state index contributed by atoms with van der Waals surface area (Å²) in [5, 5.41) is 2.88. The normalized spacial score (nSPS) is 18.6. The number of nitrogens with zero attached hydrogens (tertiary/aromatic N) is 1. The van der Waals surface area contributed by atoms with Crippen molar-refractivity contribution in [1.29, 1.82) is 0 Å². The number of ether oxygens (including phenoxy) is 2. The van der Waals surface area contributed by atoms with E-state index in [-0.39, 0.29) is 17.9 Å². The highest BCUT2D eigenvalue weighted by Gasteiger charge is 2.31. The van der Waals surface area contributed by atoms with Gasteiger partial charge in [0.25, 0.3) is 11.8 Å². The molecule has 7 heteroatoms. The highest BCUT2D eigenvalue weighted by Crippen LogP contribution is 2.31. The van der Waals surface area contributed by atoms with E-state index in [0.29, 0.717) is 39.4 Å². The predicted molar refractivity (Wildman–Crippen MR) is 114 cm³/mol. The van der Waals surface area contributed by atoms with E-state index in [1.165, 1.54) is 0 Å². The molecule has 1 atom stereocenters. The third kappa shape index (κ3) is 4.10. The smallest absolute Gasteiger partial charge is 0.257 e. The van der Waals surface area contributed by atoms with Gasteiger partial charge in [-0.2, -0.15) is 0 Å². The van der Waals surface area contributed by atoms with Crippen molar-refractivity contribution >= 4 is 33.4 Å². The van der Waals surface area contributed by atoms with Gasteiger partial charge in [-0.15, -0.1) is 0 Å². The molecule has 1 unspecified atom stereocenters. The summed E-state index contributed by atoms with van der Waals surface area (Å²) in [5.74, 6) is 0.852.